The number of fused-ring (bicyclic) bond motifs is 1. The lowest BCUT2D eigenvalue weighted by molar-refractivity contribution is 0.321. The van der Waals surface area contributed by atoms with E-state index in [-0.39, 0.29) is 0 Å². The predicted octanol–water partition coefficient (Wildman–Crippen LogP) is 5.47. The molecule has 25 heavy (non-hydrogen) atoms. The zero-order valence-electron chi connectivity index (χ0n) is 15.0. The van der Waals surface area contributed by atoms with Crippen LogP contribution in [0, 0.1) is 6.92 Å². The van der Waals surface area contributed by atoms with Crippen LogP contribution in [0.1, 0.15) is 31.4 Å². The zero-order chi connectivity index (χ0) is 17.8. The Morgan fingerprint density at radius 1 is 1.16 bits per heavy atom. The molecule has 1 atom stereocenters. The van der Waals surface area contributed by atoms with Gasteiger partial charge in [0.25, 0.3) is 0 Å². The molecule has 3 aromatic rings. The van der Waals surface area contributed by atoms with Crippen LogP contribution in [0.4, 0.5) is 5.69 Å². The molecule has 130 valence electrons. The normalized spacial score (nSPS) is 12.1. The Morgan fingerprint density at radius 3 is 2.64 bits per heavy atom. The lowest BCUT2D eigenvalue weighted by Gasteiger charge is -2.31. The number of benzene rings is 2. The van der Waals surface area contributed by atoms with E-state index in [9.17, 15) is 0 Å². The molecule has 1 heterocycles. The van der Waals surface area contributed by atoms with Crippen molar-refractivity contribution in [2.75, 3.05) is 5.32 Å². The number of para-hydroxylation sites is 2. The van der Waals surface area contributed by atoms with Crippen LogP contribution in [-0.4, -0.2) is 21.0 Å². The van der Waals surface area contributed by atoms with E-state index < -0.39 is 0 Å². The molecule has 4 heteroatoms. The first-order valence-corrected chi connectivity index (χ1v) is 9.19. The van der Waals surface area contributed by atoms with Crippen molar-refractivity contribution < 1.29 is 0 Å². The number of nitrogens with one attached hydrogen (secondary N) is 2. The van der Waals surface area contributed by atoms with Crippen LogP contribution in [0.25, 0.3) is 10.9 Å². The topological polar surface area (TPSA) is 31.1 Å². The molecule has 0 radical (unpaired) electrons. The molecule has 0 amide bonds. The molecule has 3 rings (SSSR count). The van der Waals surface area contributed by atoms with Gasteiger partial charge in [-0.2, -0.15) is 0 Å². The van der Waals surface area contributed by atoms with Crippen LogP contribution >= 0.6 is 12.2 Å². The minimum Gasteiger partial charge on any atom is -0.361 e. The summed E-state index contributed by atoms with van der Waals surface area (Å²) < 4.78 is 0. The third-order valence-corrected chi connectivity index (χ3v) is 5.12. The van der Waals surface area contributed by atoms with Gasteiger partial charge in [-0.1, -0.05) is 43.3 Å². The van der Waals surface area contributed by atoms with Gasteiger partial charge in [0.1, 0.15) is 0 Å². The third-order valence-electron chi connectivity index (χ3n) is 4.79. The maximum absolute atomic E-state index is 5.76. The first-order chi connectivity index (χ1) is 12.1. The van der Waals surface area contributed by atoms with Crippen LogP contribution in [0.15, 0.2) is 54.7 Å². The van der Waals surface area contributed by atoms with Crippen LogP contribution in [0.5, 0.6) is 0 Å². The molecule has 2 aromatic carbocycles. The molecule has 0 saturated heterocycles. The number of thiocarbonyl (C=S) groups is 1. The van der Waals surface area contributed by atoms with Crippen molar-refractivity contribution in [3.05, 3.63) is 65.9 Å². The van der Waals surface area contributed by atoms with Gasteiger partial charge in [0, 0.05) is 35.4 Å². The van der Waals surface area contributed by atoms with Gasteiger partial charge in [0.05, 0.1) is 0 Å². The molecule has 0 aliphatic carbocycles. The van der Waals surface area contributed by atoms with E-state index in [1.807, 2.05) is 12.1 Å². The quantitative estimate of drug-likeness (QED) is 0.597. The SMILES string of the molecule is CC[C@@H](C)N(Cc1c[nH]c2ccccc12)C(=S)Nc1ccccc1C. The largest absolute Gasteiger partial charge is 0.361 e. The monoisotopic (exact) mass is 351 g/mol. The van der Waals surface area contributed by atoms with Gasteiger partial charge in [0.15, 0.2) is 5.11 Å². The molecule has 0 unspecified atom stereocenters. The summed E-state index contributed by atoms with van der Waals surface area (Å²) in [6, 6.07) is 17.0. The fraction of sp³-hybridized carbons (Fsp3) is 0.286. The van der Waals surface area contributed by atoms with E-state index in [0.29, 0.717) is 6.04 Å². The van der Waals surface area contributed by atoms with E-state index in [1.165, 1.54) is 22.0 Å². The minimum atomic E-state index is 0.359. The molecule has 2 N–H and O–H groups in total. The second-order valence-electron chi connectivity index (χ2n) is 6.49. The van der Waals surface area contributed by atoms with Gasteiger partial charge in [-0.15, -0.1) is 0 Å². The lowest BCUT2D eigenvalue weighted by atomic mass is 10.1. The number of hydrogen-bond acceptors (Lipinski definition) is 1. The number of hydrogen-bond donors (Lipinski definition) is 2. The molecular weight excluding hydrogens is 326 g/mol. The highest BCUT2D eigenvalue weighted by Gasteiger charge is 2.18. The Hall–Kier alpha value is -2.33. The molecule has 0 spiro atoms. The van der Waals surface area contributed by atoms with E-state index >= 15 is 0 Å². The summed E-state index contributed by atoms with van der Waals surface area (Å²) in [5.41, 5.74) is 4.70. The van der Waals surface area contributed by atoms with Crippen molar-refractivity contribution in [3.8, 4) is 0 Å². The fourth-order valence-electron chi connectivity index (χ4n) is 2.99. The van der Waals surface area contributed by atoms with Gasteiger partial charge in [-0.05, 0) is 55.7 Å². The van der Waals surface area contributed by atoms with Gasteiger partial charge in [0.2, 0.25) is 0 Å². The van der Waals surface area contributed by atoms with Gasteiger partial charge in [-0.3, -0.25) is 0 Å². The summed E-state index contributed by atoms with van der Waals surface area (Å²) >= 11 is 5.76. The smallest absolute Gasteiger partial charge is 0.173 e. The van der Waals surface area contributed by atoms with Crippen molar-refractivity contribution in [2.45, 2.75) is 39.8 Å². The van der Waals surface area contributed by atoms with E-state index in [4.69, 9.17) is 12.2 Å². The van der Waals surface area contributed by atoms with Crippen LogP contribution < -0.4 is 5.32 Å². The molecule has 0 aliphatic heterocycles. The highest BCUT2D eigenvalue weighted by molar-refractivity contribution is 7.80. The van der Waals surface area contributed by atoms with Gasteiger partial charge in [-0.25, -0.2) is 0 Å². The number of nitrogens with zero attached hydrogens (tertiary/aromatic N) is 1. The summed E-state index contributed by atoms with van der Waals surface area (Å²) in [5, 5.41) is 5.46. The first kappa shape index (κ1) is 17.5. The third kappa shape index (κ3) is 3.85. The maximum Gasteiger partial charge on any atom is 0.173 e. The number of aromatic nitrogens is 1. The lowest BCUT2D eigenvalue weighted by Crippen LogP contribution is -2.40. The summed E-state index contributed by atoms with van der Waals surface area (Å²) in [5.74, 6) is 0. The first-order valence-electron chi connectivity index (χ1n) is 8.78. The van der Waals surface area contributed by atoms with Gasteiger partial charge < -0.3 is 15.2 Å². The second kappa shape index (κ2) is 7.70. The van der Waals surface area contributed by atoms with Gasteiger partial charge >= 0.3 is 0 Å². The average Bonchev–Trinajstić information content (AvgIpc) is 3.04. The Labute approximate surface area is 155 Å². The van der Waals surface area contributed by atoms with Crippen molar-refractivity contribution in [2.24, 2.45) is 0 Å². The Balaban J connectivity index is 1.84. The minimum absolute atomic E-state index is 0.359. The molecule has 3 nitrogen and oxygen atoms in total. The Kier molecular flexibility index (Phi) is 5.39. The number of anilines is 1. The molecule has 1 aromatic heterocycles. The number of H-pyrrole nitrogens is 1. The van der Waals surface area contributed by atoms with E-state index in [2.05, 4.69) is 78.6 Å². The highest BCUT2D eigenvalue weighted by Crippen LogP contribution is 2.22. The Bertz CT molecular complexity index is 868. The van der Waals surface area contributed by atoms with E-state index in [0.717, 1.165) is 23.8 Å². The predicted molar refractivity (Wildman–Crippen MR) is 111 cm³/mol. The maximum atomic E-state index is 5.76. The summed E-state index contributed by atoms with van der Waals surface area (Å²) in [6.07, 6.45) is 3.13. The standard InChI is InChI=1S/C21H25N3S/c1-4-16(3)24(21(25)23-19-11-7-5-9-15(19)2)14-17-13-22-20-12-8-6-10-18(17)20/h5-13,16,22H,4,14H2,1-3H3,(H,23,25)/t16-/m1/s1. The highest BCUT2D eigenvalue weighted by atomic mass is 32.1. The summed E-state index contributed by atoms with van der Waals surface area (Å²) in [4.78, 5) is 5.63. The van der Waals surface area contributed by atoms with Crippen molar-refractivity contribution in [1.29, 1.82) is 0 Å². The van der Waals surface area contributed by atoms with E-state index in [1.54, 1.807) is 0 Å². The fourth-order valence-corrected chi connectivity index (χ4v) is 3.35. The number of aryl methyl sites for hydroxylation is 1. The van der Waals surface area contributed by atoms with Crippen molar-refractivity contribution in [3.63, 3.8) is 0 Å². The summed E-state index contributed by atoms with van der Waals surface area (Å²) in [6.45, 7) is 7.30. The molecule has 0 aliphatic rings. The number of rotatable bonds is 5. The van der Waals surface area contributed by atoms with Crippen molar-refractivity contribution in [1.82, 2.24) is 9.88 Å². The molecule has 0 fully saturated rings. The second-order valence-corrected chi connectivity index (χ2v) is 6.88. The zero-order valence-corrected chi connectivity index (χ0v) is 15.9. The number of aromatic amines is 1. The average molecular weight is 352 g/mol. The molecular formula is C21H25N3S. The van der Waals surface area contributed by atoms with Crippen LogP contribution in [0.2, 0.25) is 0 Å². The summed E-state index contributed by atoms with van der Waals surface area (Å²) in [7, 11) is 0. The van der Waals surface area contributed by atoms with Crippen LogP contribution in [-0.2, 0) is 6.54 Å². The Morgan fingerprint density at radius 2 is 1.88 bits per heavy atom. The molecule has 0 saturated carbocycles. The van der Waals surface area contributed by atoms with Crippen LogP contribution in [0.3, 0.4) is 0 Å². The molecule has 0 bridgehead atoms. The van der Waals surface area contributed by atoms with Crippen molar-refractivity contribution >= 4 is 33.9 Å².